The van der Waals surface area contributed by atoms with E-state index in [2.05, 4.69) is 105 Å². The van der Waals surface area contributed by atoms with E-state index in [-0.39, 0.29) is 0 Å². The van der Waals surface area contributed by atoms with Crippen LogP contribution in [-0.2, 0) is 0 Å². The van der Waals surface area contributed by atoms with E-state index < -0.39 is 0 Å². The van der Waals surface area contributed by atoms with Gasteiger partial charge in [-0.15, -0.1) is 0 Å². The van der Waals surface area contributed by atoms with Crippen LogP contribution in [0.2, 0.25) is 0 Å². The SMILES string of the molecule is Cc1nc(-n2c3ccc4ccccc4c3c3c4c5ccccc5n5c6ccccc6c(cc32)c45)nc2cccnc12. The van der Waals surface area contributed by atoms with Crippen LogP contribution in [0, 0.1) is 6.92 Å². The van der Waals surface area contributed by atoms with E-state index in [1.165, 1.54) is 59.6 Å². The van der Waals surface area contributed by atoms with Crippen molar-refractivity contribution in [2.24, 2.45) is 0 Å². The highest BCUT2D eigenvalue weighted by Crippen LogP contribution is 2.47. The van der Waals surface area contributed by atoms with Crippen LogP contribution in [0.4, 0.5) is 0 Å². The molecule has 0 aliphatic heterocycles. The summed E-state index contributed by atoms with van der Waals surface area (Å²) >= 11 is 0. The van der Waals surface area contributed by atoms with Gasteiger partial charge in [-0.2, -0.15) is 0 Å². The van der Waals surface area contributed by atoms with E-state index in [1.54, 1.807) is 6.20 Å². The van der Waals surface area contributed by atoms with Crippen LogP contribution >= 0.6 is 0 Å². The van der Waals surface area contributed by atoms with E-state index in [1.807, 2.05) is 19.1 Å². The van der Waals surface area contributed by atoms with Gasteiger partial charge in [-0.3, -0.25) is 9.55 Å². The molecule has 190 valence electrons. The summed E-state index contributed by atoms with van der Waals surface area (Å²) in [6, 6.07) is 37.0. The lowest BCUT2D eigenvalue weighted by Crippen LogP contribution is -2.03. The maximum absolute atomic E-state index is 5.09. The Bertz CT molecular complexity index is 2710. The predicted octanol–water partition coefficient (Wildman–Crippen LogP) is 8.73. The monoisotopic (exact) mass is 523 g/mol. The third-order valence-electron chi connectivity index (χ3n) is 8.81. The molecule has 0 saturated carbocycles. The number of hydrogen-bond acceptors (Lipinski definition) is 3. The summed E-state index contributed by atoms with van der Waals surface area (Å²) in [5, 5.41) is 9.96. The molecule has 10 aromatic rings. The van der Waals surface area contributed by atoms with E-state index in [0.717, 1.165) is 27.8 Å². The number of rotatable bonds is 1. The Morgan fingerprint density at radius 2 is 1.32 bits per heavy atom. The topological polar surface area (TPSA) is 48.0 Å². The number of aromatic nitrogens is 5. The highest BCUT2D eigenvalue weighted by Gasteiger charge is 2.25. The van der Waals surface area contributed by atoms with Gasteiger partial charge in [0.2, 0.25) is 5.95 Å². The smallest absolute Gasteiger partial charge is 0.235 e. The third kappa shape index (κ3) is 2.54. The van der Waals surface area contributed by atoms with E-state index in [4.69, 9.17) is 9.97 Å². The van der Waals surface area contributed by atoms with Crippen molar-refractivity contribution in [2.45, 2.75) is 6.92 Å². The molecule has 41 heavy (non-hydrogen) atoms. The minimum atomic E-state index is 0.667. The molecular formula is C36H21N5. The average Bonchev–Trinajstić information content (AvgIpc) is 3.65. The normalized spacial score (nSPS) is 12.5. The number of para-hydroxylation sites is 2. The Labute approximate surface area is 233 Å². The number of aryl methyl sites for hydroxylation is 1. The number of pyridine rings is 1. The number of fused-ring (bicyclic) bond motifs is 13. The molecule has 0 fully saturated rings. The number of hydrogen-bond donors (Lipinski definition) is 0. The Hall–Kier alpha value is -5.55. The molecule has 0 amide bonds. The Morgan fingerprint density at radius 1 is 0.561 bits per heavy atom. The number of nitrogens with zero attached hydrogens (tertiary/aromatic N) is 5. The van der Waals surface area contributed by atoms with Crippen molar-refractivity contribution in [2.75, 3.05) is 0 Å². The second-order valence-corrected chi connectivity index (χ2v) is 10.9. The van der Waals surface area contributed by atoms with Crippen LogP contribution in [0.5, 0.6) is 0 Å². The van der Waals surface area contributed by atoms with Crippen LogP contribution in [0.1, 0.15) is 5.69 Å². The fraction of sp³-hybridized carbons (Fsp3) is 0.0278. The molecule has 0 N–H and O–H groups in total. The predicted molar refractivity (Wildman–Crippen MR) is 169 cm³/mol. The van der Waals surface area contributed by atoms with Gasteiger partial charge in [0, 0.05) is 38.5 Å². The maximum Gasteiger partial charge on any atom is 0.235 e. The highest BCUT2D eigenvalue weighted by atomic mass is 15.2. The van der Waals surface area contributed by atoms with Gasteiger partial charge in [-0.05, 0) is 54.1 Å². The van der Waals surface area contributed by atoms with Gasteiger partial charge in [0.25, 0.3) is 0 Å². The zero-order chi connectivity index (χ0) is 26.8. The van der Waals surface area contributed by atoms with Gasteiger partial charge in [-0.1, -0.05) is 66.7 Å². The summed E-state index contributed by atoms with van der Waals surface area (Å²) in [5.74, 6) is 0.667. The van der Waals surface area contributed by atoms with Gasteiger partial charge in [-0.25, -0.2) is 9.97 Å². The Morgan fingerprint density at radius 3 is 2.20 bits per heavy atom. The van der Waals surface area contributed by atoms with Crippen LogP contribution in [-0.4, -0.2) is 23.9 Å². The van der Waals surface area contributed by atoms with Gasteiger partial charge >= 0.3 is 0 Å². The third-order valence-corrected chi connectivity index (χ3v) is 8.81. The van der Waals surface area contributed by atoms with Gasteiger partial charge in [0.1, 0.15) is 5.52 Å². The first-order chi connectivity index (χ1) is 20.3. The lowest BCUT2D eigenvalue weighted by molar-refractivity contribution is 0.984. The Kier molecular flexibility index (Phi) is 3.81. The summed E-state index contributed by atoms with van der Waals surface area (Å²) in [6.45, 7) is 2.02. The van der Waals surface area contributed by atoms with Crippen molar-refractivity contribution in [1.82, 2.24) is 23.9 Å². The molecule has 0 aliphatic carbocycles. The standard InChI is InChI=1S/C36H21N5/c1-20-34-26(13-8-18-37-34)39-36(38-20)41-29-17-16-21-9-2-3-10-22(21)31(29)33-30(41)19-25-23-11-4-6-14-27(23)40-28-15-7-5-12-24(28)32(33)35(25)40/h2-19H,1H3. The molecule has 10 rings (SSSR count). The minimum absolute atomic E-state index is 0.667. The van der Waals surface area contributed by atoms with Crippen LogP contribution < -0.4 is 0 Å². The lowest BCUT2D eigenvalue weighted by atomic mass is 9.99. The summed E-state index contributed by atoms with van der Waals surface area (Å²) in [7, 11) is 0. The molecular weight excluding hydrogens is 502 g/mol. The van der Waals surface area contributed by atoms with Crippen molar-refractivity contribution < 1.29 is 0 Å². The second kappa shape index (κ2) is 7.34. The first-order valence-electron chi connectivity index (χ1n) is 13.9. The largest absolute Gasteiger partial charge is 0.308 e. The first kappa shape index (κ1) is 21.3. The molecule has 5 aromatic carbocycles. The second-order valence-electron chi connectivity index (χ2n) is 10.9. The van der Waals surface area contributed by atoms with Gasteiger partial charge in [0.05, 0.1) is 38.8 Å². The molecule has 5 nitrogen and oxygen atoms in total. The first-order valence-corrected chi connectivity index (χ1v) is 13.9. The molecule has 0 saturated heterocycles. The average molecular weight is 524 g/mol. The van der Waals surface area contributed by atoms with Crippen molar-refractivity contribution in [3.8, 4) is 5.95 Å². The molecule has 5 heterocycles. The van der Waals surface area contributed by atoms with Gasteiger partial charge < -0.3 is 4.40 Å². The molecule has 0 radical (unpaired) electrons. The molecule has 5 heteroatoms. The quantitative estimate of drug-likeness (QED) is 0.216. The van der Waals surface area contributed by atoms with E-state index in [0.29, 0.717) is 5.95 Å². The highest BCUT2D eigenvalue weighted by molar-refractivity contribution is 6.38. The van der Waals surface area contributed by atoms with E-state index in [9.17, 15) is 0 Å². The summed E-state index contributed by atoms with van der Waals surface area (Å²) in [6.07, 6.45) is 1.80. The van der Waals surface area contributed by atoms with E-state index >= 15 is 0 Å². The molecule has 0 aliphatic rings. The molecule has 0 atom stereocenters. The van der Waals surface area contributed by atoms with Crippen LogP contribution in [0.15, 0.2) is 109 Å². The maximum atomic E-state index is 5.09. The van der Waals surface area contributed by atoms with Crippen LogP contribution in [0.3, 0.4) is 0 Å². The summed E-state index contributed by atoms with van der Waals surface area (Å²) < 4.78 is 4.71. The van der Waals surface area contributed by atoms with Crippen LogP contribution in [0.25, 0.3) is 87.7 Å². The van der Waals surface area contributed by atoms with Crippen molar-refractivity contribution in [3.63, 3.8) is 0 Å². The Balaban J connectivity index is 1.55. The summed E-state index contributed by atoms with van der Waals surface area (Å²) in [4.78, 5) is 14.7. The number of benzene rings is 5. The molecule has 5 aromatic heterocycles. The van der Waals surface area contributed by atoms with Gasteiger partial charge in [0.15, 0.2) is 0 Å². The molecule has 0 unspecified atom stereocenters. The summed E-state index contributed by atoms with van der Waals surface area (Å²) in [5.41, 5.74) is 8.49. The van der Waals surface area contributed by atoms with Crippen molar-refractivity contribution in [3.05, 3.63) is 115 Å². The minimum Gasteiger partial charge on any atom is -0.308 e. The molecule has 0 bridgehead atoms. The van der Waals surface area contributed by atoms with Crippen molar-refractivity contribution in [1.29, 1.82) is 0 Å². The zero-order valence-corrected chi connectivity index (χ0v) is 22.1. The zero-order valence-electron chi connectivity index (χ0n) is 22.1. The lowest BCUT2D eigenvalue weighted by Gasteiger charge is -2.09. The fourth-order valence-electron chi connectivity index (χ4n) is 7.19. The molecule has 0 spiro atoms. The van der Waals surface area contributed by atoms with Crippen molar-refractivity contribution >= 4 is 81.7 Å². The fourth-order valence-corrected chi connectivity index (χ4v) is 7.19.